The first-order valence-corrected chi connectivity index (χ1v) is 9.08. The van der Waals surface area contributed by atoms with Crippen molar-refractivity contribution in [3.05, 3.63) is 58.6 Å². The summed E-state index contributed by atoms with van der Waals surface area (Å²) in [6.07, 6.45) is 0.251. The first kappa shape index (κ1) is 16.5. The van der Waals surface area contributed by atoms with E-state index in [1.165, 1.54) is 24.3 Å². The minimum absolute atomic E-state index is 0.0304. The van der Waals surface area contributed by atoms with Crippen LogP contribution in [0.25, 0.3) is 0 Å². The van der Waals surface area contributed by atoms with Gasteiger partial charge in [0.05, 0.1) is 27.6 Å². The fraction of sp³-hybridized carbons (Fsp3) is 0.125. The smallest absolute Gasteiger partial charge is 0.335 e. The maximum atomic E-state index is 12.1. The zero-order valence-corrected chi connectivity index (χ0v) is 13.9. The molecule has 24 heavy (non-hydrogen) atoms. The largest absolute Gasteiger partial charge is 0.478 e. The molecule has 0 spiro atoms. The number of carbonyl (C=O) groups is 1. The molecule has 124 valence electrons. The molecule has 0 atom stereocenters. The van der Waals surface area contributed by atoms with Gasteiger partial charge in [0.2, 0.25) is 0 Å². The van der Waals surface area contributed by atoms with Gasteiger partial charge in [-0.25, -0.2) is 13.2 Å². The van der Waals surface area contributed by atoms with Crippen LogP contribution >= 0.6 is 11.6 Å². The summed E-state index contributed by atoms with van der Waals surface area (Å²) in [7, 11) is -3.34. The van der Waals surface area contributed by atoms with Crippen LogP contribution in [-0.4, -0.2) is 31.0 Å². The molecule has 1 aliphatic rings. The fourth-order valence-electron chi connectivity index (χ4n) is 2.44. The topological polar surface area (TPSA) is 95.8 Å². The highest BCUT2D eigenvalue weighted by atomic mass is 35.5. The summed E-state index contributed by atoms with van der Waals surface area (Å²) in [6, 6.07) is 10.8. The Kier molecular flexibility index (Phi) is 4.29. The third kappa shape index (κ3) is 3.27. The number of nitrogens with one attached hydrogen (secondary N) is 1. The molecule has 3 rings (SSSR count). The zero-order chi connectivity index (χ0) is 17.3. The molecular formula is C16H13ClN2O4S. The Balaban J connectivity index is 1.96. The number of sulfone groups is 1. The van der Waals surface area contributed by atoms with Crippen molar-refractivity contribution in [2.24, 2.45) is 5.10 Å². The van der Waals surface area contributed by atoms with Gasteiger partial charge in [-0.05, 0) is 36.4 Å². The average molecular weight is 365 g/mol. The van der Waals surface area contributed by atoms with Crippen LogP contribution in [-0.2, 0) is 9.84 Å². The molecule has 2 N–H and O–H groups in total. The summed E-state index contributed by atoms with van der Waals surface area (Å²) in [4.78, 5) is 11.2. The predicted molar refractivity (Wildman–Crippen MR) is 91.7 cm³/mol. The first-order valence-electron chi connectivity index (χ1n) is 7.05. The molecule has 0 unspecified atom stereocenters. The highest BCUT2D eigenvalue weighted by Gasteiger charge is 2.27. The monoisotopic (exact) mass is 364 g/mol. The van der Waals surface area contributed by atoms with Crippen LogP contribution in [0.1, 0.15) is 22.3 Å². The SMILES string of the molecule is O=C(O)c1cccc(N/N=C2/CCS(=O)(=O)c3ccc(Cl)cc32)c1. The number of fused-ring (bicyclic) bond motifs is 1. The number of nitrogens with zero attached hydrogens (tertiary/aromatic N) is 1. The molecule has 2 aromatic rings. The molecule has 0 saturated carbocycles. The van der Waals surface area contributed by atoms with Gasteiger partial charge >= 0.3 is 5.97 Å². The summed E-state index contributed by atoms with van der Waals surface area (Å²) in [5.74, 6) is -1.07. The summed E-state index contributed by atoms with van der Waals surface area (Å²) in [5, 5.41) is 13.7. The molecule has 2 aromatic carbocycles. The standard InChI is InChI=1S/C16H13ClN2O4S/c17-11-4-5-15-13(9-11)14(6-7-24(15,22)23)19-18-12-3-1-2-10(8-12)16(20)21/h1-5,8-9,18H,6-7H2,(H,20,21)/b19-14-. The molecule has 0 fully saturated rings. The Hall–Kier alpha value is -2.38. The van der Waals surface area contributed by atoms with Gasteiger partial charge in [0, 0.05) is 17.0 Å². The number of hydrogen-bond donors (Lipinski definition) is 2. The van der Waals surface area contributed by atoms with Gasteiger partial charge < -0.3 is 5.11 Å². The van der Waals surface area contributed by atoms with E-state index in [2.05, 4.69) is 10.5 Å². The van der Waals surface area contributed by atoms with Crippen LogP contribution in [0.5, 0.6) is 0 Å². The molecule has 0 aromatic heterocycles. The Morgan fingerprint density at radius 3 is 2.75 bits per heavy atom. The molecule has 0 bridgehead atoms. The van der Waals surface area contributed by atoms with Crippen LogP contribution in [0, 0.1) is 0 Å². The number of carboxylic acids is 1. The van der Waals surface area contributed by atoms with Gasteiger partial charge in [-0.15, -0.1) is 0 Å². The van der Waals surface area contributed by atoms with Crippen LogP contribution in [0.15, 0.2) is 52.5 Å². The summed E-state index contributed by atoms with van der Waals surface area (Å²) >= 11 is 5.97. The Morgan fingerprint density at radius 1 is 1.21 bits per heavy atom. The van der Waals surface area contributed by atoms with E-state index in [0.29, 0.717) is 22.0 Å². The number of rotatable bonds is 3. The predicted octanol–water partition coefficient (Wildman–Crippen LogP) is 3.03. The van der Waals surface area contributed by atoms with Crippen molar-refractivity contribution in [1.82, 2.24) is 0 Å². The lowest BCUT2D eigenvalue weighted by Crippen LogP contribution is -2.22. The Morgan fingerprint density at radius 2 is 2.00 bits per heavy atom. The van der Waals surface area contributed by atoms with Crippen molar-refractivity contribution >= 4 is 38.8 Å². The van der Waals surface area contributed by atoms with Crippen molar-refractivity contribution in [3.63, 3.8) is 0 Å². The van der Waals surface area contributed by atoms with E-state index in [1.807, 2.05) is 0 Å². The van der Waals surface area contributed by atoms with Crippen molar-refractivity contribution in [2.75, 3.05) is 11.2 Å². The zero-order valence-electron chi connectivity index (χ0n) is 12.4. The number of carboxylic acid groups (broad SMARTS) is 1. The normalized spacial score (nSPS) is 17.3. The molecule has 6 nitrogen and oxygen atoms in total. The lowest BCUT2D eigenvalue weighted by molar-refractivity contribution is 0.0697. The molecule has 1 heterocycles. The highest BCUT2D eigenvalue weighted by molar-refractivity contribution is 7.91. The van der Waals surface area contributed by atoms with E-state index in [-0.39, 0.29) is 22.6 Å². The molecule has 0 radical (unpaired) electrons. The second-order valence-corrected chi connectivity index (χ2v) is 7.78. The second kappa shape index (κ2) is 6.26. The quantitative estimate of drug-likeness (QED) is 0.816. The summed E-state index contributed by atoms with van der Waals surface area (Å²) in [5.41, 5.74) is 4.44. The van der Waals surface area contributed by atoms with E-state index in [0.717, 1.165) is 0 Å². The van der Waals surface area contributed by atoms with Gasteiger partial charge in [0.25, 0.3) is 0 Å². The van der Waals surface area contributed by atoms with E-state index in [4.69, 9.17) is 16.7 Å². The third-order valence-electron chi connectivity index (χ3n) is 3.62. The highest BCUT2D eigenvalue weighted by Crippen LogP contribution is 2.28. The molecule has 0 saturated heterocycles. The number of hydrazone groups is 1. The lowest BCUT2D eigenvalue weighted by Gasteiger charge is -2.18. The lowest BCUT2D eigenvalue weighted by atomic mass is 10.1. The minimum atomic E-state index is -3.34. The average Bonchev–Trinajstić information content (AvgIpc) is 2.54. The number of anilines is 1. The van der Waals surface area contributed by atoms with Gasteiger partial charge in [-0.3, -0.25) is 5.43 Å². The summed E-state index contributed by atoms with van der Waals surface area (Å²) in [6.45, 7) is 0. The first-order chi connectivity index (χ1) is 11.4. The number of benzene rings is 2. The van der Waals surface area contributed by atoms with Gasteiger partial charge in [-0.2, -0.15) is 5.10 Å². The minimum Gasteiger partial charge on any atom is -0.478 e. The molecule has 0 amide bonds. The van der Waals surface area contributed by atoms with Crippen LogP contribution < -0.4 is 5.43 Å². The Labute approximate surface area is 143 Å². The molecule has 8 heteroatoms. The van der Waals surface area contributed by atoms with E-state index in [9.17, 15) is 13.2 Å². The van der Waals surface area contributed by atoms with E-state index >= 15 is 0 Å². The fourth-order valence-corrected chi connectivity index (χ4v) is 4.09. The number of hydrogen-bond acceptors (Lipinski definition) is 5. The maximum absolute atomic E-state index is 12.1. The molecule has 0 aliphatic carbocycles. The van der Waals surface area contributed by atoms with Crippen molar-refractivity contribution < 1.29 is 18.3 Å². The van der Waals surface area contributed by atoms with Crippen LogP contribution in [0.2, 0.25) is 5.02 Å². The van der Waals surface area contributed by atoms with Gasteiger partial charge in [0.15, 0.2) is 9.84 Å². The van der Waals surface area contributed by atoms with E-state index in [1.54, 1.807) is 18.2 Å². The number of halogens is 1. The summed E-state index contributed by atoms with van der Waals surface area (Å²) < 4.78 is 24.3. The second-order valence-electron chi connectivity index (χ2n) is 5.27. The van der Waals surface area contributed by atoms with Crippen LogP contribution in [0.3, 0.4) is 0 Å². The Bertz CT molecular complexity index is 954. The van der Waals surface area contributed by atoms with Gasteiger partial charge in [-0.1, -0.05) is 17.7 Å². The van der Waals surface area contributed by atoms with Crippen molar-refractivity contribution in [3.8, 4) is 0 Å². The molecular weight excluding hydrogens is 352 g/mol. The maximum Gasteiger partial charge on any atom is 0.335 e. The number of aromatic carboxylic acids is 1. The van der Waals surface area contributed by atoms with Crippen molar-refractivity contribution in [2.45, 2.75) is 11.3 Å². The third-order valence-corrected chi connectivity index (χ3v) is 5.63. The van der Waals surface area contributed by atoms with Gasteiger partial charge in [0.1, 0.15) is 0 Å². The van der Waals surface area contributed by atoms with E-state index < -0.39 is 15.8 Å². The van der Waals surface area contributed by atoms with Crippen molar-refractivity contribution in [1.29, 1.82) is 0 Å². The molecule has 1 aliphatic heterocycles. The van der Waals surface area contributed by atoms with Crippen LogP contribution in [0.4, 0.5) is 5.69 Å².